The van der Waals surface area contributed by atoms with E-state index in [0.717, 1.165) is 21.1 Å². The summed E-state index contributed by atoms with van der Waals surface area (Å²) in [7, 11) is 0. The molecular formula is C20H18BrN3O2. The summed E-state index contributed by atoms with van der Waals surface area (Å²) in [5, 5.41) is 8.26. The van der Waals surface area contributed by atoms with Crippen molar-refractivity contribution in [2.75, 3.05) is 0 Å². The lowest BCUT2D eigenvalue weighted by molar-refractivity contribution is -0.160. The van der Waals surface area contributed by atoms with Gasteiger partial charge in [0.05, 0.1) is 10.9 Å². The molecule has 1 heterocycles. The zero-order valence-corrected chi connectivity index (χ0v) is 16.3. The van der Waals surface area contributed by atoms with E-state index >= 15 is 0 Å². The number of fused-ring (bicyclic) bond motifs is 1. The SMILES string of the molecule is CC(C)(C)C(=O)OC(C#Cc1ccc(Br)cc1)n1nnc2ccccc21. The van der Waals surface area contributed by atoms with E-state index in [1.54, 1.807) is 20.8 Å². The normalized spacial score (nSPS) is 12.3. The van der Waals surface area contributed by atoms with Crippen molar-refractivity contribution in [3.05, 3.63) is 58.6 Å². The number of esters is 1. The second kappa shape index (κ2) is 7.30. The number of hydrogen-bond donors (Lipinski definition) is 0. The van der Waals surface area contributed by atoms with Crippen LogP contribution in [0.5, 0.6) is 0 Å². The summed E-state index contributed by atoms with van der Waals surface area (Å²) in [5.74, 6) is 5.70. The van der Waals surface area contributed by atoms with Gasteiger partial charge in [-0.1, -0.05) is 39.2 Å². The van der Waals surface area contributed by atoms with E-state index in [1.807, 2.05) is 48.5 Å². The number of halogens is 1. The van der Waals surface area contributed by atoms with Crippen LogP contribution in [0.15, 0.2) is 53.0 Å². The van der Waals surface area contributed by atoms with Crippen molar-refractivity contribution in [3.63, 3.8) is 0 Å². The number of benzene rings is 2. The molecule has 3 rings (SSSR count). The first kappa shape index (κ1) is 18.2. The van der Waals surface area contributed by atoms with Crippen molar-refractivity contribution in [2.45, 2.75) is 27.0 Å². The molecule has 0 radical (unpaired) electrons. The number of carbonyl (C=O) groups excluding carboxylic acids is 1. The lowest BCUT2D eigenvalue weighted by Crippen LogP contribution is -2.27. The first-order valence-corrected chi connectivity index (χ1v) is 8.92. The molecule has 6 heteroatoms. The van der Waals surface area contributed by atoms with Crippen molar-refractivity contribution >= 4 is 32.9 Å². The molecular weight excluding hydrogens is 394 g/mol. The monoisotopic (exact) mass is 411 g/mol. The highest BCUT2D eigenvalue weighted by Gasteiger charge is 2.27. The smallest absolute Gasteiger partial charge is 0.313 e. The Morgan fingerprint density at radius 1 is 1.15 bits per heavy atom. The summed E-state index contributed by atoms with van der Waals surface area (Å²) in [6.45, 7) is 5.40. The molecule has 1 unspecified atom stereocenters. The summed E-state index contributed by atoms with van der Waals surface area (Å²) in [5.41, 5.74) is 1.64. The van der Waals surface area contributed by atoms with Crippen molar-refractivity contribution in [3.8, 4) is 11.8 Å². The number of aromatic nitrogens is 3. The summed E-state index contributed by atoms with van der Waals surface area (Å²) in [4.78, 5) is 12.4. The highest BCUT2D eigenvalue weighted by atomic mass is 79.9. The first-order valence-electron chi connectivity index (χ1n) is 8.13. The van der Waals surface area contributed by atoms with Gasteiger partial charge in [-0.2, -0.15) is 4.68 Å². The van der Waals surface area contributed by atoms with Crippen molar-refractivity contribution in [1.29, 1.82) is 0 Å². The topological polar surface area (TPSA) is 57.0 Å². The van der Waals surface area contributed by atoms with Crippen molar-refractivity contribution in [1.82, 2.24) is 15.0 Å². The van der Waals surface area contributed by atoms with Crippen LogP contribution in [0.1, 0.15) is 32.6 Å². The molecule has 0 amide bonds. The number of hydrogen-bond acceptors (Lipinski definition) is 4. The van der Waals surface area contributed by atoms with Crippen LogP contribution in [0, 0.1) is 17.3 Å². The molecule has 1 aromatic heterocycles. The maximum Gasteiger partial charge on any atom is 0.313 e. The van der Waals surface area contributed by atoms with Crippen LogP contribution in [-0.4, -0.2) is 21.0 Å². The van der Waals surface area contributed by atoms with Crippen molar-refractivity contribution in [2.24, 2.45) is 5.41 Å². The molecule has 0 saturated heterocycles. The van der Waals surface area contributed by atoms with Gasteiger partial charge in [0.25, 0.3) is 6.23 Å². The van der Waals surface area contributed by atoms with Gasteiger partial charge in [0.2, 0.25) is 0 Å². The van der Waals surface area contributed by atoms with Gasteiger partial charge in [-0.05, 0) is 63.1 Å². The van der Waals surface area contributed by atoms with Crippen LogP contribution in [0.3, 0.4) is 0 Å². The third-order valence-electron chi connectivity index (χ3n) is 3.61. The zero-order valence-electron chi connectivity index (χ0n) is 14.7. The Labute approximate surface area is 160 Å². The van der Waals surface area contributed by atoms with Gasteiger partial charge >= 0.3 is 5.97 Å². The van der Waals surface area contributed by atoms with E-state index in [-0.39, 0.29) is 5.97 Å². The summed E-state index contributed by atoms with van der Waals surface area (Å²) >= 11 is 3.40. The lowest BCUT2D eigenvalue weighted by atomic mass is 9.97. The standard InChI is InChI=1S/C20H18BrN3O2/c1-20(2,3)19(25)26-18(13-10-14-8-11-15(21)12-9-14)24-17-7-5-4-6-16(17)22-23-24/h4-9,11-12,18H,1-3H3. The fraction of sp³-hybridized carbons (Fsp3) is 0.250. The fourth-order valence-corrected chi connectivity index (χ4v) is 2.42. The zero-order chi connectivity index (χ0) is 18.7. The second-order valence-electron chi connectivity index (χ2n) is 6.81. The molecule has 0 N–H and O–H groups in total. The van der Waals surface area contributed by atoms with Crippen LogP contribution in [0.25, 0.3) is 11.0 Å². The summed E-state index contributed by atoms with van der Waals surface area (Å²) in [6, 6.07) is 15.1. The van der Waals surface area contributed by atoms with E-state index in [4.69, 9.17) is 4.74 Å². The molecule has 0 saturated carbocycles. The maximum atomic E-state index is 12.4. The molecule has 5 nitrogen and oxygen atoms in total. The Bertz CT molecular complexity index is 992. The van der Waals surface area contributed by atoms with Crippen LogP contribution in [0.2, 0.25) is 0 Å². The predicted molar refractivity (Wildman–Crippen MR) is 103 cm³/mol. The molecule has 0 fully saturated rings. The van der Waals surface area contributed by atoms with Gasteiger partial charge < -0.3 is 4.74 Å². The van der Waals surface area contributed by atoms with Gasteiger partial charge in [0.1, 0.15) is 5.52 Å². The van der Waals surface area contributed by atoms with E-state index in [1.165, 1.54) is 4.68 Å². The first-order chi connectivity index (χ1) is 12.3. The van der Waals surface area contributed by atoms with Crippen LogP contribution < -0.4 is 0 Å². The lowest BCUT2D eigenvalue weighted by Gasteiger charge is -2.20. The number of nitrogens with zero attached hydrogens (tertiary/aromatic N) is 3. The largest absolute Gasteiger partial charge is 0.427 e. The summed E-state index contributed by atoms with van der Waals surface area (Å²) < 4.78 is 8.16. The Balaban J connectivity index is 1.99. The minimum atomic E-state index is -0.863. The second-order valence-corrected chi connectivity index (χ2v) is 7.72. The molecule has 26 heavy (non-hydrogen) atoms. The van der Waals surface area contributed by atoms with E-state index < -0.39 is 11.6 Å². The Hall–Kier alpha value is -2.65. The van der Waals surface area contributed by atoms with Crippen LogP contribution in [-0.2, 0) is 9.53 Å². The molecule has 3 aromatic rings. The highest BCUT2D eigenvalue weighted by Crippen LogP contribution is 2.22. The third kappa shape index (κ3) is 4.12. The summed E-state index contributed by atoms with van der Waals surface area (Å²) in [6.07, 6.45) is -0.863. The minimum absolute atomic E-state index is 0.354. The van der Waals surface area contributed by atoms with E-state index in [2.05, 4.69) is 38.1 Å². The Morgan fingerprint density at radius 3 is 2.54 bits per heavy atom. The third-order valence-corrected chi connectivity index (χ3v) is 4.14. The predicted octanol–water partition coefficient (Wildman–Crippen LogP) is 4.33. The van der Waals surface area contributed by atoms with E-state index in [9.17, 15) is 4.79 Å². The van der Waals surface area contributed by atoms with Crippen molar-refractivity contribution < 1.29 is 9.53 Å². The van der Waals surface area contributed by atoms with E-state index in [0.29, 0.717) is 0 Å². The molecule has 132 valence electrons. The average Bonchev–Trinajstić information content (AvgIpc) is 3.03. The maximum absolute atomic E-state index is 12.4. The van der Waals surface area contributed by atoms with Crippen LogP contribution >= 0.6 is 15.9 Å². The van der Waals surface area contributed by atoms with Gasteiger partial charge in [-0.25, -0.2) is 0 Å². The number of carbonyl (C=O) groups is 1. The molecule has 2 aromatic carbocycles. The molecule has 1 atom stereocenters. The Kier molecular flexibility index (Phi) is 5.10. The molecule has 0 spiro atoms. The van der Waals surface area contributed by atoms with Gasteiger partial charge in [-0.15, -0.1) is 5.10 Å². The Morgan fingerprint density at radius 2 is 1.85 bits per heavy atom. The molecule has 0 aliphatic rings. The number of ether oxygens (including phenoxy) is 1. The van der Waals surface area contributed by atoms with Crippen LogP contribution in [0.4, 0.5) is 0 Å². The van der Waals surface area contributed by atoms with Gasteiger partial charge in [-0.3, -0.25) is 4.79 Å². The molecule has 0 aliphatic carbocycles. The van der Waals surface area contributed by atoms with Gasteiger partial charge in [0.15, 0.2) is 0 Å². The average molecular weight is 412 g/mol. The highest BCUT2D eigenvalue weighted by molar-refractivity contribution is 9.10. The molecule has 0 bridgehead atoms. The fourth-order valence-electron chi connectivity index (χ4n) is 2.16. The number of rotatable bonds is 2. The van der Waals surface area contributed by atoms with Gasteiger partial charge in [0, 0.05) is 10.0 Å². The number of para-hydroxylation sites is 1. The molecule has 0 aliphatic heterocycles. The minimum Gasteiger partial charge on any atom is -0.427 e. The quantitative estimate of drug-likeness (QED) is 0.464.